The predicted molar refractivity (Wildman–Crippen MR) is 250 cm³/mol. The lowest BCUT2D eigenvalue weighted by Gasteiger charge is -2.49. The van der Waals surface area contributed by atoms with Gasteiger partial charge < -0.3 is 29.7 Å². The van der Waals surface area contributed by atoms with Crippen molar-refractivity contribution in [2.45, 2.75) is 49.1 Å². The third-order valence-electron chi connectivity index (χ3n) is 11.1. The normalized spacial score (nSPS) is 18.7. The highest BCUT2D eigenvalue weighted by atomic mass is 32.2. The highest BCUT2D eigenvalue weighted by molar-refractivity contribution is 8.00. The SMILES string of the molecule is COc1ccc(COC(=O)C2=C(/C=C\c3csnn3)CSC3C(NC(=O)/C(=N\OC4CCCCO4)c4csc(NC(c5ccccc5)(c5ccccc5)c5ccccc5)n4)C(=O)N23)cc1. The highest BCUT2D eigenvalue weighted by Gasteiger charge is 2.54. The third kappa shape index (κ3) is 9.45. The van der Waals surface area contributed by atoms with Gasteiger partial charge in [0.2, 0.25) is 6.29 Å². The van der Waals surface area contributed by atoms with Crippen molar-refractivity contribution in [3.8, 4) is 5.75 Å². The van der Waals surface area contributed by atoms with E-state index >= 15 is 0 Å². The summed E-state index contributed by atoms with van der Waals surface area (Å²) in [4.78, 5) is 54.8. The van der Waals surface area contributed by atoms with Gasteiger partial charge in [0.25, 0.3) is 11.8 Å². The van der Waals surface area contributed by atoms with Crippen LogP contribution in [0.2, 0.25) is 0 Å². The zero-order valence-electron chi connectivity index (χ0n) is 35.1. The number of anilines is 1. The number of carbonyl (C=O) groups excluding carboxylic acids is 3. The standard InChI is InChI=1S/C48H43N7O7S3/c1-59-37-24-20-31(21-25-37)27-61-46(58)42-32(22-23-36-29-65-54-52-36)28-63-45-41(44(57)55(42)45)50-43(56)40(53-62-39-19-11-12-26-60-39)38-30-64-47(49-38)51-48(33-13-5-2-6-14-33,34-15-7-3-8-16-34)35-17-9-4-10-18-35/h2-10,13-18,20-25,29-30,39,41,45H,11-12,19,26-28H2,1H3,(H,49,51)(H,50,56)/b23-22-,53-40-. The van der Waals surface area contributed by atoms with E-state index in [1.807, 2.05) is 54.6 Å². The number of ether oxygens (including phenoxy) is 3. The van der Waals surface area contributed by atoms with E-state index in [2.05, 4.69) is 61.8 Å². The lowest BCUT2D eigenvalue weighted by molar-refractivity contribution is -0.162. The number of carbonyl (C=O) groups is 3. The molecule has 0 bridgehead atoms. The molecular formula is C48H43N7O7S3. The largest absolute Gasteiger partial charge is 0.497 e. The molecule has 17 heteroatoms. The summed E-state index contributed by atoms with van der Waals surface area (Å²) in [6, 6.07) is 36.5. The predicted octanol–water partition coefficient (Wildman–Crippen LogP) is 7.77. The first-order chi connectivity index (χ1) is 31.9. The van der Waals surface area contributed by atoms with Gasteiger partial charge in [-0.3, -0.25) is 14.5 Å². The second-order valence-corrected chi connectivity index (χ2v) is 17.7. The number of nitrogens with zero attached hydrogens (tertiary/aromatic N) is 5. The number of nitrogens with one attached hydrogen (secondary N) is 2. The van der Waals surface area contributed by atoms with Gasteiger partial charge >= 0.3 is 5.97 Å². The van der Waals surface area contributed by atoms with E-state index in [4.69, 9.17) is 24.0 Å². The quantitative estimate of drug-likeness (QED) is 0.0319. The summed E-state index contributed by atoms with van der Waals surface area (Å²) in [6.45, 7) is 0.478. The molecule has 2 aromatic heterocycles. The Labute approximate surface area is 387 Å². The van der Waals surface area contributed by atoms with E-state index in [1.54, 1.807) is 54.3 Å². The zero-order chi connectivity index (χ0) is 44.6. The highest BCUT2D eigenvalue weighted by Crippen LogP contribution is 2.43. The van der Waals surface area contributed by atoms with Crippen molar-refractivity contribution in [3.05, 3.63) is 177 Å². The number of aromatic nitrogens is 3. The number of esters is 1. The number of thioether (sulfide) groups is 1. The molecule has 2 fully saturated rings. The molecule has 0 aliphatic carbocycles. The number of oxime groups is 1. The van der Waals surface area contributed by atoms with Gasteiger partial charge in [-0.15, -0.1) is 28.2 Å². The van der Waals surface area contributed by atoms with Crippen LogP contribution in [0.3, 0.4) is 0 Å². The minimum atomic E-state index is -1.00. The first kappa shape index (κ1) is 43.6. The van der Waals surface area contributed by atoms with Crippen LogP contribution in [0.15, 0.2) is 149 Å². The van der Waals surface area contributed by atoms with E-state index in [0.29, 0.717) is 40.9 Å². The molecule has 3 aliphatic rings. The van der Waals surface area contributed by atoms with Gasteiger partial charge in [-0.1, -0.05) is 119 Å². The van der Waals surface area contributed by atoms with Crippen molar-refractivity contribution >= 4 is 69.3 Å². The number of amides is 2. The fourth-order valence-electron chi connectivity index (χ4n) is 7.83. The summed E-state index contributed by atoms with van der Waals surface area (Å²) in [6.07, 6.45) is 5.21. The summed E-state index contributed by atoms with van der Waals surface area (Å²) in [5.74, 6) is -0.821. The van der Waals surface area contributed by atoms with Gasteiger partial charge in [0.1, 0.15) is 40.7 Å². The number of allylic oxidation sites excluding steroid dienone is 1. The Morgan fingerprint density at radius 3 is 2.22 bits per heavy atom. The average Bonchev–Trinajstić information content (AvgIpc) is 4.07. The molecule has 2 N–H and O–H groups in total. The molecule has 3 atom stereocenters. The molecular weight excluding hydrogens is 883 g/mol. The van der Waals surface area contributed by atoms with Crippen molar-refractivity contribution in [2.24, 2.45) is 5.16 Å². The Hall–Kier alpha value is -6.66. The van der Waals surface area contributed by atoms with Crippen LogP contribution in [0, 0.1) is 0 Å². The molecule has 2 saturated heterocycles. The molecule has 0 radical (unpaired) electrons. The van der Waals surface area contributed by atoms with Crippen molar-refractivity contribution < 1.29 is 33.4 Å². The molecule has 3 unspecified atom stereocenters. The van der Waals surface area contributed by atoms with Crippen LogP contribution in [0.1, 0.15) is 52.9 Å². The fourth-order valence-corrected chi connectivity index (χ4v) is 10.3. The molecule has 5 heterocycles. The molecule has 14 nitrogen and oxygen atoms in total. The smallest absolute Gasteiger partial charge is 0.355 e. The van der Waals surface area contributed by atoms with E-state index in [9.17, 15) is 14.4 Å². The van der Waals surface area contributed by atoms with Crippen LogP contribution >= 0.6 is 34.6 Å². The van der Waals surface area contributed by atoms with Gasteiger partial charge in [-0.05, 0) is 70.4 Å². The minimum Gasteiger partial charge on any atom is -0.497 e. The number of fused-ring (bicyclic) bond motifs is 1. The van der Waals surface area contributed by atoms with E-state index in [0.717, 1.165) is 35.1 Å². The van der Waals surface area contributed by atoms with Crippen molar-refractivity contribution in [2.75, 3.05) is 24.8 Å². The summed E-state index contributed by atoms with van der Waals surface area (Å²) in [5.41, 5.74) is 4.19. The van der Waals surface area contributed by atoms with Crippen LogP contribution in [0.4, 0.5) is 5.13 Å². The average molecular weight is 926 g/mol. The van der Waals surface area contributed by atoms with Crippen LogP contribution in [0.5, 0.6) is 5.75 Å². The van der Waals surface area contributed by atoms with Crippen molar-refractivity contribution in [3.63, 3.8) is 0 Å². The molecule has 6 aromatic rings. The van der Waals surface area contributed by atoms with Gasteiger partial charge in [-0.2, -0.15) is 0 Å². The molecule has 2 amide bonds. The number of benzene rings is 4. The Kier molecular flexibility index (Phi) is 13.4. The maximum atomic E-state index is 14.5. The number of methoxy groups -OCH3 is 1. The summed E-state index contributed by atoms with van der Waals surface area (Å²) in [7, 11) is 1.58. The van der Waals surface area contributed by atoms with Gasteiger partial charge in [-0.25, -0.2) is 9.78 Å². The number of thiazole rings is 1. The fraction of sp³-hybridized carbons (Fsp3) is 0.229. The molecule has 4 aromatic carbocycles. The summed E-state index contributed by atoms with van der Waals surface area (Å²) < 4.78 is 20.7. The van der Waals surface area contributed by atoms with Gasteiger partial charge in [0, 0.05) is 22.9 Å². The van der Waals surface area contributed by atoms with Crippen molar-refractivity contribution in [1.82, 2.24) is 24.8 Å². The second kappa shape index (κ2) is 20.0. The topological polar surface area (TPSA) is 166 Å². The first-order valence-electron chi connectivity index (χ1n) is 20.9. The van der Waals surface area contributed by atoms with Crippen LogP contribution in [-0.2, 0) is 40.8 Å². The monoisotopic (exact) mass is 925 g/mol. The molecule has 9 rings (SSSR count). The maximum absolute atomic E-state index is 14.5. The summed E-state index contributed by atoms with van der Waals surface area (Å²) >= 11 is 3.92. The Morgan fingerprint density at radius 1 is 0.908 bits per heavy atom. The number of rotatable bonds is 16. The van der Waals surface area contributed by atoms with Gasteiger partial charge in [0.15, 0.2) is 10.8 Å². The second-order valence-electron chi connectivity index (χ2n) is 15.2. The van der Waals surface area contributed by atoms with Gasteiger partial charge in [0.05, 0.1) is 19.4 Å². The molecule has 65 heavy (non-hydrogen) atoms. The molecule has 0 saturated carbocycles. The zero-order valence-corrected chi connectivity index (χ0v) is 37.5. The van der Waals surface area contributed by atoms with E-state index in [1.165, 1.54) is 39.5 Å². The lowest BCUT2D eigenvalue weighted by atomic mass is 9.77. The number of hydrogen-bond acceptors (Lipinski definition) is 15. The number of hydrogen-bond donors (Lipinski definition) is 2. The van der Waals surface area contributed by atoms with Crippen LogP contribution in [-0.4, -0.2) is 80.1 Å². The van der Waals surface area contributed by atoms with Crippen LogP contribution < -0.4 is 15.4 Å². The van der Waals surface area contributed by atoms with Crippen LogP contribution in [0.25, 0.3) is 6.08 Å². The molecule has 330 valence electrons. The first-order valence-corrected chi connectivity index (χ1v) is 23.7. The molecule has 3 aliphatic heterocycles. The van der Waals surface area contributed by atoms with E-state index in [-0.39, 0.29) is 23.7 Å². The Morgan fingerprint density at radius 2 is 1.60 bits per heavy atom. The Balaban J connectivity index is 0.995. The maximum Gasteiger partial charge on any atom is 0.355 e. The minimum absolute atomic E-state index is 0.0302. The third-order valence-corrected chi connectivity index (χ3v) is 13.7. The lowest BCUT2D eigenvalue weighted by Crippen LogP contribution is -2.71. The molecule has 0 spiro atoms. The van der Waals surface area contributed by atoms with E-state index < -0.39 is 41.0 Å². The summed E-state index contributed by atoms with van der Waals surface area (Å²) in [5, 5.41) is 18.5. The Bertz CT molecular complexity index is 2590. The number of β-lactam (4-membered cyclic amide) rings is 1. The van der Waals surface area contributed by atoms with Crippen molar-refractivity contribution in [1.29, 1.82) is 0 Å².